The zero-order valence-corrected chi connectivity index (χ0v) is 11.6. The average Bonchev–Trinajstić information content (AvgIpc) is 2.83. The van der Waals surface area contributed by atoms with Crippen LogP contribution in [0.4, 0.5) is 5.69 Å². The third kappa shape index (κ3) is 3.43. The van der Waals surface area contributed by atoms with Crippen LogP contribution in [0.3, 0.4) is 0 Å². The molecule has 1 aromatic carbocycles. The largest absolute Gasteiger partial charge is 0.348 e. The molecule has 1 aromatic heterocycles. The molecule has 0 unspecified atom stereocenters. The Kier molecular flexibility index (Phi) is 4.15. The summed E-state index contributed by atoms with van der Waals surface area (Å²) in [7, 11) is 0. The molecule has 0 fully saturated rings. The van der Waals surface area contributed by atoms with Crippen LogP contribution < -0.4 is 5.32 Å². The zero-order valence-electron chi connectivity index (χ0n) is 10.0. The van der Waals surface area contributed by atoms with Gasteiger partial charge in [0, 0.05) is 22.8 Å². The average molecular weight is 308 g/mol. The number of rotatable bonds is 4. The molecule has 0 bridgehead atoms. The second-order valence-electron chi connectivity index (χ2n) is 4.11. The van der Waals surface area contributed by atoms with Crippen LogP contribution in [0.5, 0.6) is 0 Å². The van der Waals surface area contributed by atoms with Crippen molar-refractivity contribution < 1.29 is 4.79 Å². The number of nitrogens with zero attached hydrogens (tertiary/aromatic N) is 1. The van der Waals surface area contributed by atoms with Gasteiger partial charge in [-0.05, 0) is 47.0 Å². The van der Waals surface area contributed by atoms with E-state index in [0.717, 1.165) is 21.4 Å². The topological polar surface area (TPSA) is 57.8 Å². The number of aryl methyl sites for hydroxylation is 2. The van der Waals surface area contributed by atoms with Crippen LogP contribution in [-0.2, 0) is 11.2 Å². The molecule has 0 spiro atoms. The Morgan fingerprint density at radius 3 is 3.00 bits per heavy atom. The minimum Gasteiger partial charge on any atom is -0.348 e. The van der Waals surface area contributed by atoms with Gasteiger partial charge >= 0.3 is 0 Å². The van der Waals surface area contributed by atoms with Crippen molar-refractivity contribution in [1.29, 1.82) is 0 Å². The van der Waals surface area contributed by atoms with Gasteiger partial charge in [0.05, 0.1) is 12.0 Å². The second-order valence-corrected chi connectivity index (χ2v) is 4.96. The highest BCUT2D eigenvalue weighted by Crippen LogP contribution is 2.23. The highest BCUT2D eigenvalue weighted by molar-refractivity contribution is 9.10. The van der Waals surface area contributed by atoms with Crippen LogP contribution in [0.1, 0.15) is 17.7 Å². The smallest absolute Gasteiger partial charge is 0.224 e. The van der Waals surface area contributed by atoms with Gasteiger partial charge in [-0.1, -0.05) is 6.07 Å². The van der Waals surface area contributed by atoms with Gasteiger partial charge in [0.15, 0.2) is 0 Å². The second kappa shape index (κ2) is 5.82. The minimum absolute atomic E-state index is 0.00541. The van der Waals surface area contributed by atoms with E-state index in [1.807, 2.05) is 25.1 Å². The van der Waals surface area contributed by atoms with Crippen molar-refractivity contribution >= 4 is 27.5 Å². The Morgan fingerprint density at radius 2 is 2.33 bits per heavy atom. The lowest BCUT2D eigenvalue weighted by Gasteiger charge is -2.07. The number of anilines is 1. The molecule has 0 aliphatic rings. The number of aromatic nitrogens is 2. The highest BCUT2D eigenvalue weighted by Gasteiger charge is 2.06. The molecular weight excluding hydrogens is 294 g/mol. The van der Waals surface area contributed by atoms with Crippen LogP contribution in [0.15, 0.2) is 35.2 Å². The van der Waals surface area contributed by atoms with Crippen LogP contribution in [0, 0.1) is 6.92 Å². The summed E-state index contributed by atoms with van der Waals surface area (Å²) in [5.41, 5.74) is 2.92. The monoisotopic (exact) mass is 307 g/mol. The lowest BCUT2D eigenvalue weighted by molar-refractivity contribution is -0.116. The summed E-state index contributed by atoms with van der Waals surface area (Å²) < 4.78 is 0.900. The Bertz CT molecular complexity index is 537. The van der Waals surface area contributed by atoms with Crippen molar-refractivity contribution in [2.75, 3.05) is 5.32 Å². The fraction of sp³-hybridized carbons (Fsp3) is 0.231. The SMILES string of the molecule is Cc1ccc(NC(=O)CCc2cnc[nH]2)c(Br)c1. The first-order valence-corrected chi connectivity index (χ1v) is 6.47. The van der Waals surface area contributed by atoms with Crippen LogP contribution in [0.2, 0.25) is 0 Å². The van der Waals surface area contributed by atoms with E-state index in [4.69, 9.17) is 0 Å². The van der Waals surface area contributed by atoms with Gasteiger partial charge < -0.3 is 10.3 Å². The van der Waals surface area contributed by atoms with Gasteiger partial charge in [-0.15, -0.1) is 0 Å². The Labute approximate surface area is 114 Å². The summed E-state index contributed by atoms with van der Waals surface area (Å²) in [5, 5.41) is 2.88. The number of hydrogen-bond donors (Lipinski definition) is 2. The fourth-order valence-corrected chi connectivity index (χ4v) is 2.20. The molecule has 0 atom stereocenters. The molecule has 1 heterocycles. The van der Waals surface area contributed by atoms with Gasteiger partial charge in [0.2, 0.25) is 5.91 Å². The maximum absolute atomic E-state index is 11.8. The molecule has 1 amide bonds. The van der Waals surface area contributed by atoms with E-state index in [9.17, 15) is 4.79 Å². The lowest BCUT2D eigenvalue weighted by Crippen LogP contribution is -2.12. The number of hydrogen-bond acceptors (Lipinski definition) is 2. The maximum Gasteiger partial charge on any atom is 0.224 e. The predicted molar refractivity (Wildman–Crippen MR) is 74.4 cm³/mol. The van der Waals surface area contributed by atoms with Crippen LogP contribution in [0.25, 0.3) is 0 Å². The zero-order chi connectivity index (χ0) is 13.0. The molecule has 18 heavy (non-hydrogen) atoms. The molecule has 0 aliphatic carbocycles. The molecule has 5 heteroatoms. The van der Waals surface area contributed by atoms with E-state index >= 15 is 0 Å². The van der Waals surface area contributed by atoms with E-state index < -0.39 is 0 Å². The molecule has 0 radical (unpaired) electrons. The van der Waals surface area contributed by atoms with Crippen molar-refractivity contribution in [3.8, 4) is 0 Å². The van der Waals surface area contributed by atoms with E-state index in [2.05, 4.69) is 31.2 Å². The number of carbonyl (C=O) groups excluding carboxylic acids is 1. The van der Waals surface area contributed by atoms with E-state index in [1.165, 1.54) is 0 Å². The van der Waals surface area contributed by atoms with Crippen molar-refractivity contribution in [2.24, 2.45) is 0 Å². The number of benzene rings is 1. The van der Waals surface area contributed by atoms with Gasteiger partial charge in [-0.25, -0.2) is 4.98 Å². The van der Waals surface area contributed by atoms with Crippen molar-refractivity contribution in [1.82, 2.24) is 9.97 Å². The maximum atomic E-state index is 11.8. The Morgan fingerprint density at radius 1 is 1.50 bits per heavy atom. The van der Waals surface area contributed by atoms with Gasteiger partial charge in [-0.2, -0.15) is 0 Å². The van der Waals surface area contributed by atoms with E-state index in [1.54, 1.807) is 12.5 Å². The molecular formula is C13H14BrN3O. The number of imidazole rings is 1. The number of amides is 1. The number of halogens is 1. The van der Waals surface area contributed by atoms with Crippen molar-refractivity contribution in [3.05, 3.63) is 46.5 Å². The van der Waals surface area contributed by atoms with Crippen molar-refractivity contribution in [3.63, 3.8) is 0 Å². The standard InChI is InChI=1S/C13H14BrN3O/c1-9-2-4-12(11(14)6-9)17-13(18)5-3-10-7-15-8-16-10/h2,4,6-8H,3,5H2,1H3,(H,15,16)(H,17,18). The van der Waals surface area contributed by atoms with E-state index in [0.29, 0.717) is 12.8 Å². The summed E-state index contributed by atoms with van der Waals surface area (Å²) in [6, 6.07) is 5.84. The summed E-state index contributed by atoms with van der Waals surface area (Å²) in [5.74, 6) is -0.00541. The lowest BCUT2D eigenvalue weighted by atomic mass is 10.2. The number of carbonyl (C=O) groups is 1. The first-order valence-electron chi connectivity index (χ1n) is 5.68. The summed E-state index contributed by atoms with van der Waals surface area (Å²) in [6.07, 6.45) is 4.44. The van der Waals surface area contributed by atoms with E-state index in [-0.39, 0.29) is 5.91 Å². The fourth-order valence-electron chi connectivity index (χ4n) is 1.60. The van der Waals surface area contributed by atoms with Crippen LogP contribution in [-0.4, -0.2) is 15.9 Å². The first kappa shape index (κ1) is 12.8. The van der Waals surface area contributed by atoms with Crippen molar-refractivity contribution in [2.45, 2.75) is 19.8 Å². The molecule has 2 aromatic rings. The number of aromatic amines is 1. The third-order valence-electron chi connectivity index (χ3n) is 2.57. The van der Waals surface area contributed by atoms with Gasteiger partial charge in [0.1, 0.15) is 0 Å². The molecule has 0 aliphatic heterocycles. The predicted octanol–water partition coefficient (Wildman–Crippen LogP) is 3.05. The summed E-state index contributed by atoms with van der Waals surface area (Å²) >= 11 is 3.43. The van der Waals surface area contributed by atoms with Crippen LogP contribution >= 0.6 is 15.9 Å². The molecule has 0 saturated carbocycles. The minimum atomic E-state index is -0.00541. The molecule has 2 N–H and O–H groups in total. The van der Waals surface area contributed by atoms with Gasteiger partial charge in [-0.3, -0.25) is 4.79 Å². The first-order chi connectivity index (χ1) is 8.65. The summed E-state index contributed by atoms with van der Waals surface area (Å²) in [6.45, 7) is 2.01. The summed E-state index contributed by atoms with van der Waals surface area (Å²) in [4.78, 5) is 18.7. The normalized spacial score (nSPS) is 10.3. The number of nitrogens with one attached hydrogen (secondary N) is 2. The Hall–Kier alpha value is -1.62. The molecule has 2 rings (SSSR count). The molecule has 4 nitrogen and oxygen atoms in total. The Balaban J connectivity index is 1.91. The number of H-pyrrole nitrogens is 1. The highest BCUT2D eigenvalue weighted by atomic mass is 79.9. The molecule has 94 valence electrons. The third-order valence-corrected chi connectivity index (χ3v) is 3.23. The van der Waals surface area contributed by atoms with Gasteiger partial charge in [0.25, 0.3) is 0 Å². The molecule has 0 saturated heterocycles. The quantitative estimate of drug-likeness (QED) is 0.912.